The molecule has 0 saturated carbocycles. The Balaban J connectivity index is 1.69. The molecule has 2 fully saturated rings. The van der Waals surface area contributed by atoms with Gasteiger partial charge in [0.2, 0.25) is 5.91 Å². The highest BCUT2D eigenvalue weighted by atomic mass is 35.5. The minimum absolute atomic E-state index is 0.179. The van der Waals surface area contributed by atoms with Crippen LogP contribution < -0.4 is 4.74 Å². The summed E-state index contributed by atoms with van der Waals surface area (Å²) >= 11 is 6.83. The van der Waals surface area contributed by atoms with Gasteiger partial charge in [-0.05, 0) is 48.4 Å². The average molecular weight is 425 g/mol. The van der Waals surface area contributed by atoms with Crippen molar-refractivity contribution in [2.24, 2.45) is 0 Å². The molecule has 0 aliphatic carbocycles. The number of thioether (sulfide) groups is 1. The number of aliphatic carboxylic acids is 1. The van der Waals surface area contributed by atoms with Crippen molar-refractivity contribution in [2.45, 2.75) is 12.8 Å². The molecule has 0 unspecified atom stereocenters. The van der Waals surface area contributed by atoms with Gasteiger partial charge in [0.25, 0.3) is 11.1 Å². The van der Waals surface area contributed by atoms with E-state index in [0.717, 1.165) is 29.5 Å². The smallest absolute Gasteiger partial charge is 0.341 e. The minimum Gasteiger partial charge on any atom is -0.480 e. The standard InChI is InChI=1S/C18H17ClN2O6S/c19-12-7-11(3-4-13(12)27-10-16(23)24)8-14-17(25)21(18(26)28-14)9-15(22)20-5-1-2-6-20/h3-4,7-8H,1-2,5-6,9-10H2,(H,23,24)/b14-8-. The summed E-state index contributed by atoms with van der Waals surface area (Å²) < 4.78 is 5.04. The molecule has 0 bridgehead atoms. The predicted molar refractivity (Wildman–Crippen MR) is 103 cm³/mol. The second-order valence-electron chi connectivity index (χ2n) is 6.23. The third kappa shape index (κ3) is 4.66. The molecule has 1 aromatic rings. The Morgan fingerprint density at radius 2 is 1.96 bits per heavy atom. The molecule has 0 radical (unpaired) electrons. The largest absolute Gasteiger partial charge is 0.480 e. The number of likely N-dealkylation sites (tertiary alicyclic amines) is 1. The van der Waals surface area contributed by atoms with Gasteiger partial charge >= 0.3 is 5.97 Å². The van der Waals surface area contributed by atoms with Crippen LogP contribution in [0.2, 0.25) is 5.02 Å². The van der Waals surface area contributed by atoms with E-state index in [9.17, 15) is 19.2 Å². The van der Waals surface area contributed by atoms with Crippen molar-refractivity contribution < 1.29 is 29.0 Å². The van der Waals surface area contributed by atoms with Crippen molar-refractivity contribution in [3.8, 4) is 5.75 Å². The van der Waals surface area contributed by atoms with Crippen LogP contribution in [0.3, 0.4) is 0 Å². The Morgan fingerprint density at radius 1 is 1.25 bits per heavy atom. The highest BCUT2D eigenvalue weighted by Crippen LogP contribution is 2.33. The number of imide groups is 1. The number of carboxylic acid groups (broad SMARTS) is 1. The zero-order valence-corrected chi connectivity index (χ0v) is 16.3. The summed E-state index contributed by atoms with van der Waals surface area (Å²) in [5.41, 5.74) is 0.545. The number of hydrogen-bond acceptors (Lipinski definition) is 6. The van der Waals surface area contributed by atoms with Crippen molar-refractivity contribution in [1.82, 2.24) is 9.80 Å². The Bertz CT molecular complexity index is 866. The lowest BCUT2D eigenvalue weighted by Gasteiger charge is -2.18. The van der Waals surface area contributed by atoms with Gasteiger partial charge in [-0.3, -0.25) is 19.3 Å². The summed E-state index contributed by atoms with van der Waals surface area (Å²) in [4.78, 5) is 50.3. The number of rotatable bonds is 6. The number of amides is 3. The van der Waals surface area contributed by atoms with Crippen LogP contribution in [-0.2, 0) is 14.4 Å². The Morgan fingerprint density at radius 3 is 2.61 bits per heavy atom. The lowest BCUT2D eigenvalue weighted by atomic mass is 10.2. The van der Waals surface area contributed by atoms with Crippen LogP contribution >= 0.6 is 23.4 Å². The minimum atomic E-state index is -1.13. The summed E-state index contributed by atoms with van der Waals surface area (Å²) in [5, 5.41) is 8.33. The number of benzene rings is 1. The van der Waals surface area contributed by atoms with Gasteiger partial charge < -0.3 is 14.7 Å². The number of ether oxygens (including phenoxy) is 1. The van der Waals surface area contributed by atoms with Crippen LogP contribution in [0.25, 0.3) is 6.08 Å². The molecular weight excluding hydrogens is 408 g/mol. The first-order valence-electron chi connectivity index (χ1n) is 8.52. The SMILES string of the molecule is O=C(O)COc1ccc(/C=C2\SC(=O)N(CC(=O)N3CCCC3)C2=O)cc1Cl. The van der Waals surface area contributed by atoms with E-state index in [4.69, 9.17) is 21.4 Å². The molecule has 2 heterocycles. The molecule has 3 amide bonds. The highest BCUT2D eigenvalue weighted by Gasteiger charge is 2.37. The molecule has 10 heteroatoms. The Kier molecular flexibility index (Phi) is 6.25. The number of hydrogen-bond donors (Lipinski definition) is 1. The fourth-order valence-electron chi connectivity index (χ4n) is 2.85. The van der Waals surface area contributed by atoms with E-state index in [0.29, 0.717) is 18.7 Å². The van der Waals surface area contributed by atoms with Crippen molar-refractivity contribution in [2.75, 3.05) is 26.2 Å². The van der Waals surface area contributed by atoms with Gasteiger partial charge in [0.05, 0.1) is 9.93 Å². The third-order valence-electron chi connectivity index (χ3n) is 4.23. The molecule has 0 spiro atoms. The second-order valence-corrected chi connectivity index (χ2v) is 7.63. The van der Waals surface area contributed by atoms with Gasteiger partial charge in [0.15, 0.2) is 6.61 Å². The molecule has 28 heavy (non-hydrogen) atoms. The van der Waals surface area contributed by atoms with Crippen molar-refractivity contribution in [3.05, 3.63) is 33.7 Å². The highest BCUT2D eigenvalue weighted by molar-refractivity contribution is 8.18. The van der Waals surface area contributed by atoms with E-state index in [1.807, 2.05) is 0 Å². The number of carbonyl (C=O) groups excluding carboxylic acids is 3. The van der Waals surface area contributed by atoms with Gasteiger partial charge in [-0.25, -0.2) is 4.79 Å². The number of nitrogens with zero attached hydrogens (tertiary/aromatic N) is 2. The van der Waals surface area contributed by atoms with Crippen LogP contribution in [0.1, 0.15) is 18.4 Å². The third-order valence-corrected chi connectivity index (χ3v) is 5.43. The fraction of sp³-hybridized carbons (Fsp3) is 0.333. The first-order chi connectivity index (χ1) is 13.3. The van der Waals surface area contributed by atoms with Crippen molar-refractivity contribution >= 4 is 52.5 Å². The van der Waals surface area contributed by atoms with E-state index >= 15 is 0 Å². The first-order valence-corrected chi connectivity index (χ1v) is 9.72. The summed E-state index contributed by atoms with van der Waals surface area (Å²) in [6, 6.07) is 4.58. The second kappa shape index (κ2) is 8.66. The molecular formula is C18H17ClN2O6S. The molecule has 0 aromatic heterocycles. The maximum absolute atomic E-state index is 12.5. The van der Waals surface area contributed by atoms with Crippen LogP contribution in [-0.4, -0.2) is 64.2 Å². The molecule has 148 valence electrons. The molecule has 2 aliphatic rings. The lowest BCUT2D eigenvalue weighted by Crippen LogP contribution is -2.40. The zero-order chi connectivity index (χ0) is 20.3. The van der Waals surface area contributed by atoms with Crippen LogP contribution in [0.4, 0.5) is 4.79 Å². The summed E-state index contributed by atoms with van der Waals surface area (Å²) in [7, 11) is 0. The van der Waals surface area contributed by atoms with E-state index < -0.39 is 23.7 Å². The van der Waals surface area contributed by atoms with Gasteiger partial charge in [-0.1, -0.05) is 17.7 Å². The van der Waals surface area contributed by atoms with Crippen molar-refractivity contribution in [1.29, 1.82) is 0 Å². The average Bonchev–Trinajstić information content (AvgIpc) is 3.26. The van der Waals surface area contributed by atoms with E-state index in [1.165, 1.54) is 18.2 Å². The van der Waals surface area contributed by atoms with E-state index in [-0.39, 0.29) is 28.1 Å². The summed E-state index contributed by atoms with van der Waals surface area (Å²) in [6.07, 6.45) is 3.36. The molecule has 3 rings (SSSR count). The van der Waals surface area contributed by atoms with E-state index in [2.05, 4.69) is 0 Å². The first kappa shape index (κ1) is 20.2. The maximum atomic E-state index is 12.5. The van der Waals surface area contributed by atoms with Crippen molar-refractivity contribution in [3.63, 3.8) is 0 Å². The monoisotopic (exact) mass is 424 g/mol. The summed E-state index contributed by atoms with van der Waals surface area (Å²) in [6.45, 7) is 0.521. The fourth-order valence-corrected chi connectivity index (χ4v) is 3.93. The van der Waals surface area contributed by atoms with Crippen LogP contribution in [0, 0.1) is 0 Å². The Labute approximate surface area is 170 Å². The normalized spacial score (nSPS) is 18.2. The van der Waals surface area contributed by atoms with Gasteiger partial charge in [-0.15, -0.1) is 0 Å². The quantitative estimate of drug-likeness (QED) is 0.699. The number of halogens is 1. The summed E-state index contributed by atoms with van der Waals surface area (Å²) in [5.74, 6) is -1.68. The Hall–Kier alpha value is -2.52. The topological polar surface area (TPSA) is 104 Å². The lowest BCUT2D eigenvalue weighted by molar-refractivity contribution is -0.139. The van der Waals surface area contributed by atoms with Crippen LogP contribution in [0.15, 0.2) is 23.1 Å². The predicted octanol–water partition coefficient (Wildman–Crippen LogP) is 2.46. The molecule has 1 N–H and O–H groups in total. The van der Waals surface area contributed by atoms with Gasteiger partial charge in [-0.2, -0.15) is 0 Å². The van der Waals surface area contributed by atoms with E-state index in [1.54, 1.807) is 11.0 Å². The maximum Gasteiger partial charge on any atom is 0.341 e. The molecule has 1 aromatic carbocycles. The molecule has 0 atom stereocenters. The van der Waals surface area contributed by atoms with Gasteiger partial charge in [0.1, 0.15) is 12.3 Å². The molecule has 2 aliphatic heterocycles. The number of carboxylic acids is 1. The molecule has 2 saturated heterocycles. The van der Waals surface area contributed by atoms with Gasteiger partial charge in [0, 0.05) is 13.1 Å². The number of carbonyl (C=O) groups is 4. The zero-order valence-electron chi connectivity index (χ0n) is 14.7. The van der Waals surface area contributed by atoms with Crippen LogP contribution in [0.5, 0.6) is 5.75 Å². The molecule has 8 nitrogen and oxygen atoms in total.